The Morgan fingerprint density at radius 1 is 0.720 bits per heavy atom. The lowest BCUT2D eigenvalue weighted by Crippen LogP contribution is -2.59. The van der Waals surface area contributed by atoms with Gasteiger partial charge in [-0.15, -0.1) is 0 Å². The van der Waals surface area contributed by atoms with Gasteiger partial charge in [-0.2, -0.15) is 0 Å². The molecule has 2 aromatic rings. The third-order valence-corrected chi connectivity index (χ3v) is 4.77. The van der Waals surface area contributed by atoms with Crippen LogP contribution in [-0.4, -0.2) is 57.6 Å². The van der Waals surface area contributed by atoms with E-state index in [0.29, 0.717) is 6.42 Å². The molecule has 5 heteroatoms. The van der Waals surface area contributed by atoms with Gasteiger partial charge in [0.15, 0.2) is 0 Å². The maximum absolute atomic E-state index is 10.2. The summed E-state index contributed by atoms with van der Waals surface area (Å²) >= 11 is 0. The molecule has 0 aromatic heterocycles. The second-order valence-corrected chi connectivity index (χ2v) is 6.50. The molecule has 1 heterocycles. The Kier molecular flexibility index (Phi) is 5.83. The van der Waals surface area contributed by atoms with E-state index in [1.54, 1.807) is 0 Å². The molecule has 0 radical (unpaired) electrons. The summed E-state index contributed by atoms with van der Waals surface area (Å²) in [6, 6.07) is 18.0. The molecule has 5 nitrogen and oxygen atoms in total. The summed E-state index contributed by atoms with van der Waals surface area (Å²) in [6.07, 6.45) is -4.27. The number of benzene rings is 2. The SMILES string of the molecule is OC[C@H]1O[C@@H](Cc2ccccc2Cc2ccccc2)[C@H](O)[C@@H](O)[C@@H]1O. The molecule has 1 fully saturated rings. The highest BCUT2D eigenvalue weighted by molar-refractivity contribution is 5.33. The van der Waals surface area contributed by atoms with Crippen molar-refractivity contribution in [1.29, 1.82) is 0 Å². The first-order chi connectivity index (χ1) is 12.1. The van der Waals surface area contributed by atoms with Crippen LogP contribution in [0.15, 0.2) is 54.6 Å². The van der Waals surface area contributed by atoms with Gasteiger partial charge in [-0.25, -0.2) is 0 Å². The van der Waals surface area contributed by atoms with Crippen molar-refractivity contribution in [3.8, 4) is 0 Å². The van der Waals surface area contributed by atoms with Crippen LogP contribution in [0.2, 0.25) is 0 Å². The predicted molar refractivity (Wildman–Crippen MR) is 93.2 cm³/mol. The average Bonchev–Trinajstić information content (AvgIpc) is 2.64. The van der Waals surface area contributed by atoms with Gasteiger partial charge in [0.05, 0.1) is 12.7 Å². The van der Waals surface area contributed by atoms with E-state index in [0.717, 1.165) is 17.5 Å². The second-order valence-electron chi connectivity index (χ2n) is 6.50. The number of rotatable bonds is 5. The molecular formula is C20H24O5. The minimum absolute atomic E-state index is 0.393. The van der Waals surface area contributed by atoms with Crippen LogP contribution in [0.5, 0.6) is 0 Å². The lowest BCUT2D eigenvalue weighted by molar-refractivity contribution is -0.228. The summed E-state index contributed by atoms with van der Waals surface area (Å²) in [6.45, 7) is -0.410. The maximum Gasteiger partial charge on any atom is 0.111 e. The maximum atomic E-state index is 10.2. The van der Waals surface area contributed by atoms with Crippen molar-refractivity contribution >= 4 is 0 Å². The van der Waals surface area contributed by atoms with Crippen molar-refractivity contribution in [3.05, 3.63) is 71.3 Å². The first kappa shape index (κ1) is 18.0. The van der Waals surface area contributed by atoms with Crippen LogP contribution in [0.3, 0.4) is 0 Å². The van der Waals surface area contributed by atoms with Crippen LogP contribution >= 0.6 is 0 Å². The molecule has 4 N–H and O–H groups in total. The molecule has 1 saturated heterocycles. The van der Waals surface area contributed by atoms with Crippen LogP contribution < -0.4 is 0 Å². The highest BCUT2D eigenvalue weighted by Crippen LogP contribution is 2.25. The summed E-state index contributed by atoms with van der Waals surface area (Å²) in [5.74, 6) is 0. The van der Waals surface area contributed by atoms with E-state index in [9.17, 15) is 20.4 Å². The summed E-state index contributed by atoms with van der Waals surface area (Å²) in [5, 5.41) is 39.4. The molecule has 0 aliphatic carbocycles. The van der Waals surface area contributed by atoms with Gasteiger partial charge >= 0.3 is 0 Å². The van der Waals surface area contributed by atoms with Gasteiger partial charge in [-0.05, 0) is 23.1 Å². The van der Waals surface area contributed by atoms with E-state index in [1.165, 1.54) is 5.56 Å². The summed E-state index contributed by atoms with van der Waals surface area (Å²) in [5.41, 5.74) is 3.31. The van der Waals surface area contributed by atoms with Crippen molar-refractivity contribution in [2.24, 2.45) is 0 Å². The molecule has 1 aliphatic rings. The van der Waals surface area contributed by atoms with E-state index < -0.39 is 37.1 Å². The zero-order valence-corrected chi connectivity index (χ0v) is 13.9. The highest BCUT2D eigenvalue weighted by Gasteiger charge is 2.43. The summed E-state index contributed by atoms with van der Waals surface area (Å²) < 4.78 is 5.63. The van der Waals surface area contributed by atoms with Crippen LogP contribution in [0, 0.1) is 0 Å². The van der Waals surface area contributed by atoms with Crippen molar-refractivity contribution in [2.75, 3.05) is 6.61 Å². The van der Waals surface area contributed by atoms with Gasteiger partial charge < -0.3 is 25.2 Å². The molecule has 2 aromatic carbocycles. The van der Waals surface area contributed by atoms with Gasteiger partial charge in [-0.3, -0.25) is 0 Å². The van der Waals surface area contributed by atoms with E-state index in [2.05, 4.69) is 12.1 Å². The molecule has 0 spiro atoms. The molecule has 0 amide bonds. The first-order valence-corrected chi connectivity index (χ1v) is 8.51. The van der Waals surface area contributed by atoms with Gasteiger partial charge in [0.1, 0.15) is 24.4 Å². The van der Waals surface area contributed by atoms with E-state index in [-0.39, 0.29) is 0 Å². The molecule has 1 aliphatic heterocycles. The Balaban J connectivity index is 1.78. The normalized spacial score (nSPS) is 29.5. The molecule has 134 valence electrons. The molecule has 25 heavy (non-hydrogen) atoms. The topological polar surface area (TPSA) is 90.2 Å². The smallest absolute Gasteiger partial charge is 0.111 e. The predicted octanol–water partition coefficient (Wildman–Crippen LogP) is 0.662. The molecule has 3 rings (SSSR count). The van der Waals surface area contributed by atoms with Crippen molar-refractivity contribution in [1.82, 2.24) is 0 Å². The van der Waals surface area contributed by atoms with E-state index in [4.69, 9.17) is 4.74 Å². The van der Waals surface area contributed by atoms with Gasteiger partial charge in [0.25, 0.3) is 0 Å². The Labute approximate surface area is 147 Å². The van der Waals surface area contributed by atoms with E-state index in [1.807, 2.05) is 42.5 Å². The fraction of sp³-hybridized carbons (Fsp3) is 0.400. The second kappa shape index (κ2) is 8.08. The monoisotopic (exact) mass is 344 g/mol. The van der Waals surface area contributed by atoms with Crippen LogP contribution in [0.25, 0.3) is 0 Å². The van der Waals surface area contributed by atoms with Crippen LogP contribution in [-0.2, 0) is 17.6 Å². The third-order valence-electron chi connectivity index (χ3n) is 4.77. The van der Waals surface area contributed by atoms with Crippen molar-refractivity contribution in [2.45, 2.75) is 43.4 Å². The Morgan fingerprint density at radius 3 is 2.00 bits per heavy atom. The van der Waals surface area contributed by atoms with Crippen LogP contribution in [0.4, 0.5) is 0 Å². The minimum Gasteiger partial charge on any atom is -0.394 e. The zero-order valence-electron chi connectivity index (χ0n) is 13.9. The molecule has 0 unspecified atom stereocenters. The van der Waals surface area contributed by atoms with Crippen molar-refractivity contribution in [3.63, 3.8) is 0 Å². The lowest BCUT2D eigenvalue weighted by atomic mass is 9.89. The zero-order chi connectivity index (χ0) is 17.8. The molecular weight excluding hydrogens is 320 g/mol. The Hall–Kier alpha value is -1.76. The Bertz CT molecular complexity index is 673. The molecule has 0 saturated carbocycles. The Morgan fingerprint density at radius 2 is 1.32 bits per heavy atom. The summed E-state index contributed by atoms with van der Waals surface area (Å²) in [4.78, 5) is 0. The lowest BCUT2D eigenvalue weighted by Gasteiger charge is -2.40. The largest absolute Gasteiger partial charge is 0.394 e. The number of aliphatic hydroxyl groups is 4. The quantitative estimate of drug-likeness (QED) is 0.640. The highest BCUT2D eigenvalue weighted by atomic mass is 16.5. The van der Waals surface area contributed by atoms with Crippen LogP contribution in [0.1, 0.15) is 16.7 Å². The molecule has 5 atom stereocenters. The number of ether oxygens (including phenoxy) is 1. The third kappa shape index (κ3) is 4.08. The standard InChI is InChI=1S/C20H24O5/c21-12-17-19(23)20(24)18(22)16(25-17)11-15-9-5-4-8-14(15)10-13-6-2-1-3-7-13/h1-9,16-24H,10-12H2/t16-,17+,18-,19+,20+/m0/s1. The first-order valence-electron chi connectivity index (χ1n) is 8.51. The number of aliphatic hydroxyl groups excluding tert-OH is 4. The van der Waals surface area contributed by atoms with Gasteiger partial charge in [-0.1, -0.05) is 54.6 Å². The summed E-state index contributed by atoms with van der Waals surface area (Å²) in [7, 11) is 0. The van der Waals surface area contributed by atoms with Gasteiger partial charge in [0.2, 0.25) is 0 Å². The fourth-order valence-corrected chi connectivity index (χ4v) is 3.31. The molecule has 0 bridgehead atoms. The van der Waals surface area contributed by atoms with Gasteiger partial charge in [0, 0.05) is 6.42 Å². The minimum atomic E-state index is -1.34. The average molecular weight is 344 g/mol. The van der Waals surface area contributed by atoms with E-state index >= 15 is 0 Å². The van der Waals surface area contributed by atoms with Crippen molar-refractivity contribution < 1.29 is 25.2 Å². The number of hydrogen-bond donors (Lipinski definition) is 4. The number of hydrogen-bond acceptors (Lipinski definition) is 5. The fourth-order valence-electron chi connectivity index (χ4n) is 3.31.